The molecule has 6 heterocycles. The quantitative estimate of drug-likeness (QED) is 0.309. The summed E-state index contributed by atoms with van der Waals surface area (Å²) >= 11 is -1.84. The number of hydrogen-bond acceptors (Lipinski definition) is 6. The van der Waals surface area contributed by atoms with Crippen molar-refractivity contribution in [3.05, 3.63) is 78.0 Å². The van der Waals surface area contributed by atoms with Gasteiger partial charge in [0, 0.05) is 0 Å². The zero-order valence-corrected chi connectivity index (χ0v) is 29.0. The molecular formula is C34H36N4O6Sn. The number of carboxylic acids is 2. The molecule has 2 aromatic rings. The van der Waals surface area contributed by atoms with Crippen molar-refractivity contribution in [3.8, 4) is 0 Å². The Morgan fingerprint density at radius 1 is 0.756 bits per heavy atom. The molecule has 232 valence electrons. The maximum atomic E-state index is 11.8. The normalized spacial score (nSPS) is 18.0. The van der Waals surface area contributed by atoms with E-state index in [4.69, 9.17) is 9.98 Å². The van der Waals surface area contributed by atoms with Crippen LogP contribution in [0.4, 0.5) is 0 Å². The second-order valence-corrected chi connectivity index (χ2v) is 15.2. The fourth-order valence-corrected chi connectivity index (χ4v) is 11.1. The summed E-state index contributed by atoms with van der Waals surface area (Å²) < 4.78 is 4.61. The minimum absolute atomic E-state index is 0.0403. The number of allylic oxidation sites excluding steroid dienone is 3. The molecular weight excluding hydrogens is 679 g/mol. The summed E-state index contributed by atoms with van der Waals surface area (Å²) in [7, 11) is 0. The summed E-state index contributed by atoms with van der Waals surface area (Å²) in [4.78, 5) is 33.5. The number of aromatic nitrogens is 2. The Morgan fingerprint density at radius 3 is 2.00 bits per heavy atom. The van der Waals surface area contributed by atoms with Crippen LogP contribution in [-0.2, 0) is 16.0 Å². The van der Waals surface area contributed by atoms with E-state index >= 15 is 0 Å². The van der Waals surface area contributed by atoms with Gasteiger partial charge in [-0.15, -0.1) is 0 Å². The van der Waals surface area contributed by atoms with Crippen molar-refractivity contribution in [1.82, 2.24) is 5.58 Å². The molecule has 4 aliphatic rings. The van der Waals surface area contributed by atoms with E-state index in [2.05, 4.69) is 11.7 Å². The molecule has 6 rings (SSSR count). The van der Waals surface area contributed by atoms with Gasteiger partial charge < -0.3 is 0 Å². The van der Waals surface area contributed by atoms with Crippen LogP contribution in [0, 0.1) is 13.8 Å². The molecule has 4 N–H and O–H groups in total. The summed E-state index contributed by atoms with van der Waals surface area (Å²) in [5.74, 6) is -1.78. The van der Waals surface area contributed by atoms with Crippen LogP contribution in [0.15, 0.2) is 43.7 Å². The van der Waals surface area contributed by atoms with Crippen LogP contribution in [0.1, 0.15) is 86.7 Å². The first-order valence-electron chi connectivity index (χ1n) is 15.1. The summed E-state index contributed by atoms with van der Waals surface area (Å²) in [6, 6.07) is 0. The Balaban J connectivity index is 1.81. The predicted octanol–water partition coefficient (Wildman–Crippen LogP) is 2.97. The van der Waals surface area contributed by atoms with Gasteiger partial charge in [0.2, 0.25) is 0 Å². The van der Waals surface area contributed by atoms with Crippen molar-refractivity contribution in [2.24, 2.45) is 9.98 Å². The van der Waals surface area contributed by atoms with Gasteiger partial charge in [-0.05, 0) is 0 Å². The van der Waals surface area contributed by atoms with Crippen molar-refractivity contribution in [3.63, 3.8) is 0 Å². The topological polar surface area (TPSA) is 150 Å². The van der Waals surface area contributed by atoms with E-state index in [0.717, 1.165) is 78.0 Å². The first-order chi connectivity index (χ1) is 21.3. The van der Waals surface area contributed by atoms with Crippen LogP contribution < -0.4 is 10.7 Å². The molecule has 2 radical (unpaired) electrons. The van der Waals surface area contributed by atoms with Crippen molar-refractivity contribution >= 4 is 69.4 Å². The zero-order chi connectivity index (χ0) is 32.5. The van der Waals surface area contributed by atoms with E-state index in [1.165, 1.54) is 0 Å². The number of fused-ring (bicyclic) bond motifs is 2. The number of nitrogens with zero attached hydrogens (tertiary/aromatic N) is 4. The van der Waals surface area contributed by atoms with Gasteiger partial charge in [-0.25, -0.2) is 0 Å². The first kappa shape index (κ1) is 31.2. The maximum absolute atomic E-state index is 11.8. The van der Waals surface area contributed by atoms with Crippen molar-refractivity contribution in [2.45, 2.75) is 79.4 Å². The summed E-state index contributed by atoms with van der Waals surface area (Å²) in [5, 5.41) is 43.0. The van der Waals surface area contributed by atoms with Crippen molar-refractivity contribution < 1.29 is 30.0 Å². The third-order valence-corrected chi connectivity index (χ3v) is 13.1. The standard InChI is InChI=1S/C34H38N4O6.Sn/c1-15-21(7-9-31(41)42)27-14-28-22(8-10-32(43)44)16(2)24(36-28)12-29-34(20(6)40)18(4)26(38-29)13-30-33(19(5)39)17(3)25(37-30)11-23(15)35-27;/h11-14,19-20,39-40H,7-10H2,1-6H3,(H4,35,36,37,38,41,42,43,44);/q;+2/p-2. The van der Waals surface area contributed by atoms with Crippen LogP contribution in [0.2, 0.25) is 0 Å². The van der Waals surface area contributed by atoms with Gasteiger partial charge in [0.15, 0.2) is 0 Å². The number of aliphatic hydroxyl groups excluding tert-OH is 2. The summed E-state index contributed by atoms with van der Waals surface area (Å²) in [6.45, 7) is 11.4. The number of aliphatic imine (C=N–C) groups is 2. The monoisotopic (exact) mass is 716 g/mol. The van der Waals surface area contributed by atoms with Gasteiger partial charge in [-0.2, -0.15) is 0 Å². The summed E-state index contributed by atoms with van der Waals surface area (Å²) in [6.07, 6.45) is 7.07. The van der Waals surface area contributed by atoms with Crippen LogP contribution in [-0.4, -0.2) is 77.2 Å². The fraction of sp³-hybridized carbons (Fsp3) is 0.353. The van der Waals surface area contributed by atoms with Gasteiger partial charge in [0.1, 0.15) is 0 Å². The Bertz CT molecular complexity index is 2030. The molecule has 0 spiro atoms. The van der Waals surface area contributed by atoms with Crippen LogP contribution >= 0.6 is 0 Å². The number of hydrogen-bond donors (Lipinski definition) is 4. The van der Waals surface area contributed by atoms with Gasteiger partial charge in [0.05, 0.1) is 0 Å². The van der Waals surface area contributed by atoms with E-state index < -0.39 is 45.8 Å². The van der Waals surface area contributed by atoms with E-state index in [1.807, 2.05) is 45.9 Å². The van der Waals surface area contributed by atoms with E-state index in [0.29, 0.717) is 24.3 Å². The Labute approximate surface area is 271 Å². The second kappa shape index (κ2) is 11.6. The molecule has 2 unspecified atom stereocenters. The van der Waals surface area contributed by atoms with Crippen LogP contribution in [0.25, 0.3) is 24.3 Å². The van der Waals surface area contributed by atoms with Gasteiger partial charge in [-0.3, -0.25) is 0 Å². The Kier molecular flexibility index (Phi) is 8.03. The van der Waals surface area contributed by atoms with Gasteiger partial charge >= 0.3 is 272 Å². The Morgan fingerprint density at radius 2 is 1.36 bits per heavy atom. The number of aliphatic hydroxyl groups is 2. The predicted molar refractivity (Wildman–Crippen MR) is 174 cm³/mol. The summed E-state index contributed by atoms with van der Waals surface area (Å²) in [5.41, 5.74) is 11.5. The van der Waals surface area contributed by atoms with E-state index in [9.17, 15) is 30.0 Å². The number of rotatable bonds is 8. The average Bonchev–Trinajstić information content (AvgIpc) is 3.58. The van der Waals surface area contributed by atoms with Crippen LogP contribution in [0.3, 0.4) is 0 Å². The van der Waals surface area contributed by atoms with E-state index in [1.54, 1.807) is 13.8 Å². The minimum atomic E-state index is -1.84. The number of carbonyl (C=O) groups is 2. The fourth-order valence-electron chi connectivity index (χ4n) is 6.89. The second-order valence-electron chi connectivity index (χ2n) is 12.1. The molecule has 0 saturated heterocycles. The Hall–Kier alpha value is -3.74. The molecule has 4 aliphatic heterocycles. The molecule has 0 aliphatic carbocycles. The van der Waals surface area contributed by atoms with Crippen molar-refractivity contribution in [1.29, 1.82) is 0 Å². The third-order valence-electron chi connectivity index (χ3n) is 9.17. The van der Waals surface area contributed by atoms with Crippen LogP contribution in [0.5, 0.6) is 0 Å². The van der Waals surface area contributed by atoms with Gasteiger partial charge in [-0.1, -0.05) is 0 Å². The van der Waals surface area contributed by atoms with Gasteiger partial charge in [0.25, 0.3) is 0 Å². The molecule has 11 heteroatoms. The number of aliphatic carboxylic acids is 2. The van der Waals surface area contributed by atoms with E-state index in [-0.39, 0.29) is 12.8 Å². The molecule has 6 bridgehead atoms. The molecule has 2 atom stereocenters. The molecule has 2 aromatic heterocycles. The number of carboxylic acid groups (broad SMARTS) is 2. The third kappa shape index (κ3) is 5.22. The SMILES string of the molecule is CC1=C(CCC(=O)O)C2=NC1=Cc1c(C)c(C(C)O)c3[n]1[Sn][n]1c(c(C)c(CCC(=O)O)c1=C2)=CC1=NC(=C3)C(C)=C1C(C)O. The molecule has 10 nitrogen and oxygen atoms in total. The molecule has 0 saturated carbocycles. The average molecular weight is 715 g/mol. The molecule has 45 heavy (non-hydrogen) atoms. The molecule has 0 aromatic carbocycles. The molecule has 0 fully saturated rings. The molecule has 0 amide bonds. The zero-order valence-electron chi connectivity index (χ0n) is 26.2. The van der Waals surface area contributed by atoms with Crippen molar-refractivity contribution in [2.75, 3.05) is 0 Å². The first-order valence-corrected chi connectivity index (χ1v) is 17.6.